The lowest BCUT2D eigenvalue weighted by atomic mass is 10.00. The van der Waals surface area contributed by atoms with Crippen LogP contribution in [0.2, 0.25) is 0 Å². The third-order valence-corrected chi connectivity index (χ3v) is 4.93. The molecule has 0 aliphatic rings. The van der Waals surface area contributed by atoms with E-state index in [1.165, 1.54) is 4.90 Å². The standard InChI is InChI=1S/C25H33N3O6/c1-7-28(20(29)15-26-24(32)34-25(3,4)5)21(19-10-8-9-16(2)22(19)30)23(31)27-17-11-13-18(33-6)14-12-17/h8-14,21,30H,7,15H2,1-6H3,(H,26,32)(H,27,31). The van der Waals surface area contributed by atoms with Gasteiger partial charge in [0.15, 0.2) is 0 Å². The van der Waals surface area contributed by atoms with Crippen LogP contribution in [-0.2, 0) is 14.3 Å². The van der Waals surface area contributed by atoms with Crippen LogP contribution in [-0.4, -0.2) is 53.7 Å². The van der Waals surface area contributed by atoms with E-state index in [1.807, 2.05) is 0 Å². The number of phenols is 1. The van der Waals surface area contributed by atoms with Crippen molar-refractivity contribution in [1.29, 1.82) is 0 Å². The molecule has 0 aromatic heterocycles. The molecule has 0 aliphatic heterocycles. The highest BCUT2D eigenvalue weighted by atomic mass is 16.6. The molecule has 0 fully saturated rings. The van der Waals surface area contributed by atoms with Gasteiger partial charge in [-0.15, -0.1) is 0 Å². The van der Waals surface area contributed by atoms with Gasteiger partial charge in [0, 0.05) is 17.8 Å². The Morgan fingerprint density at radius 2 is 1.74 bits per heavy atom. The summed E-state index contributed by atoms with van der Waals surface area (Å²) in [5, 5.41) is 15.9. The van der Waals surface area contributed by atoms with Crippen molar-refractivity contribution in [3.8, 4) is 11.5 Å². The number of para-hydroxylation sites is 1. The number of hydrogen-bond donors (Lipinski definition) is 3. The van der Waals surface area contributed by atoms with Crippen LogP contribution in [0, 0.1) is 6.92 Å². The van der Waals surface area contributed by atoms with E-state index in [0.717, 1.165) is 0 Å². The maximum absolute atomic E-state index is 13.4. The maximum Gasteiger partial charge on any atom is 0.408 e. The van der Waals surface area contributed by atoms with Crippen LogP contribution >= 0.6 is 0 Å². The molecule has 3 N–H and O–H groups in total. The van der Waals surface area contributed by atoms with Crippen LogP contribution in [0.5, 0.6) is 11.5 Å². The van der Waals surface area contributed by atoms with Crippen molar-refractivity contribution in [1.82, 2.24) is 10.2 Å². The second kappa shape index (κ2) is 11.4. The molecule has 0 radical (unpaired) electrons. The number of benzene rings is 2. The smallest absolute Gasteiger partial charge is 0.408 e. The lowest BCUT2D eigenvalue weighted by Crippen LogP contribution is -2.46. The Morgan fingerprint density at radius 1 is 1.09 bits per heavy atom. The molecule has 34 heavy (non-hydrogen) atoms. The number of rotatable bonds is 8. The molecule has 9 heteroatoms. The molecule has 0 bridgehead atoms. The summed E-state index contributed by atoms with van der Waals surface area (Å²) in [5.41, 5.74) is 0.623. The van der Waals surface area contributed by atoms with Gasteiger partial charge in [-0.25, -0.2) is 4.79 Å². The van der Waals surface area contributed by atoms with E-state index < -0.39 is 29.6 Å². The summed E-state index contributed by atoms with van der Waals surface area (Å²) in [5.74, 6) is -0.476. The number of ether oxygens (including phenoxy) is 2. The molecule has 1 unspecified atom stereocenters. The van der Waals surface area contributed by atoms with Crippen LogP contribution < -0.4 is 15.4 Å². The zero-order chi connectivity index (χ0) is 25.5. The number of hydrogen-bond acceptors (Lipinski definition) is 6. The summed E-state index contributed by atoms with van der Waals surface area (Å²) in [6.45, 7) is 8.35. The highest BCUT2D eigenvalue weighted by Gasteiger charge is 2.33. The average Bonchev–Trinajstić information content (AvgIpc) is 2.77. The number of aryl methyl sites for hydroxylation is 1. The summed E-state index contributed by atoms with van der Waals surface area (Å²) in [6.07, 6.45) is -0.741. The number of alkyl carbamates (subject to hydrolysis) is 1. The maximum atomic E-state index is 13.4. The molecule has 0 heterocycles. The van der Waals surface area contributed by atoms with Gasteiger partial charge < -0.3 is 30.1 Å². The van der Waals surface area contributed by atoms with Crippen LogP contribution in [0.4, 0.5) is 10.5 Å². The van der Waals surface area contributed by atoms with E-state index in [4.69, 9.17) is 9.47 Å². The van der Waals surface area contributed by atoms with Gasteiger partial charge in [0.1, 0.15) is 29.7 Å². The Labute approximate surface area is 200 Å². The van der Waals surface area contributed by atoms with Crippen molar-refractivity contribution in [3.63, 3.8) is 0 Å². The molecule has 9 nitrogen and oxygen atoms in total. The predicted molar refractivity (Wildman–Crippen MR) is 129 cm³/mol. The molecular formula is C25H33N3O6. The number of methoxy groups -OCH3 is 1. The third kappa shape index (κ3) is 7.13. The molecular weight excluding hydrogens is 438 g/mol. The van der Waals surface area contributed by atoms with E-state index in [-0.39, 0.29) is 24.4 Å². The Bertz CT molecular complexity index is 1010. The van der Waals surface area contributed by atoms with Crippen molar-refractivity contribution >= 4 is 23.6 Å². The van der Waals surface area contributed by atoms with Crippen LogP contribution in [0.25, 0.3) is 0 Å². The van der Waals surface area contributed by atoms with Gasteiger partial charge in [-0.05, 0) is 64.4 Å². The fourth-order valence-corrected chi connectivity index (χ4v) is 3.30. The molecule has 0 saturated heterocycles. The van der Waals surface area contributed by atoms with Crippen molar-refractivity contribution in [2.45, 2.75) is 46.3 Å². The van der Waals surface area contributed by atoms with Crippen molar-refractivity contribution < 1.29 is 29.0 Å². The van der Waals surface area contributed by atoms with Gasteiger partial charge in [-0.2, -0.15) is 0 Å². The van der Waals surface area contributed by atoms with E-state index in [2.05, 4.69) is 10.6 Å². The number of anilines is 1. The Morgan fingerprint density at radius 3 is 2.29 bits per heavy atom. The highest BCUT2D eigenvalue weighted by Crippen LogP contribution is 2.32. The molecule has 2 aromatic rings. The molecule has 0 spiro atoms. The number of likely N-dealkylation sites (N-methyl/N-ethyl adjacent to an activating group) is 1. The largest absolute Gasteiger partial charge is 0.507 e. The van der Waals surface area contributed by atoms with Gasteiger partial charge in [0.2, 0.25) is 5.91 Å². The van der Waals surface area contributed by atoms with Gasteiger partial charge in [-0.3, -0.25) is 9.59 Å². The molecule has 2 rings (SSSR count). The van der Waals surface area contributed by atoms with E-state index in [1.54, 1.807) is 84.2 Å². The number of carbonyl (C=O) groups is 3. The summed E-state index contributed by atoms with van der Waals surface area (Å²) in [7, 11) is 1.54. The van der Waals surface area contributed by atoms with Gasteiger partial charge in [-0.1, -0.05) is 18.2 Å². The summed E-state index contributed by atoms with van der Waals surface area (Å²) in [6, 6.07) is 10.6. The topological polar surface area (TPSA) is 117 Å². The molecule has 1 atom stereocenters. The van der Waals surface area contributed by atoms with Crippen molar-refractivity contribution in [2.75, 3.05) is 25.5 Å². The van der Waals surface area contributed by atoms with Crippen molar-refractivity contribution in [2.24, 2.45) is 0 Å². The average molecular weight is 472 g/mol. The zero-order valence-corrected chi connectivity index (χ0v) is 20.5. The summed E-state index contributed by atoms with van der Waals surface area (Å²) in [4.78, 5) is 39.8. The van der Waals surface area contributed by atoms with Crippen LogP contribution in [0.1, 0.15) is 44.9 Å². The van der Waals surface area contributed by atoms with Gasteiger partial charge in [0.05, 0.1) is 7.11 Å². The van der Waals surface area contributed by atoms with Crippen LogP contribution in [0.3, 0.4) is 0 Å². The van der Waals surface area contributed by atoms with E-state index in [9.17, 15) is 19.5 Å². The normalized spacial score (nSPS) is 11.8. The first-order valence-electron chi connectivity index (χ1n) is 11.0. The quantitative estimate of drug-likeness (QED) is 0.540. The van der Waals surface area contributed by atoms with Gasteiger partial charge >= 0.3 is 6.09 Å². The Hall–Kier alpha value is -3.75. The fourth-order valence-electron chi connectivity index (χ4n) is 3.30. The lowest BCUT2D eigenvalue weighted by Gasteiger charge is -2.31. The third-order valence-electron chi connectivity index (χ3n) is 4.93. The van der Waals surface area contributed by atoms with Crippen LogP contribution in [0.15, 0.2) is 42.5 Å². The second-order valence-corrected chi connectivity index (χ2v) is 8.67. The first kappa shape index (κ1) is 26.5. The fraction of sp³-hybridized carbons (Fsp3) is 0.400. The molecule has 184 valence electrons. The minimum atomic E-state index is -1.14. The second-order valence-electron chi connectivity index (χ2n) is 8.67. The number of aromatic hydroxyl groups is 1. The predicted octanol–water partition coefficient (Wildman–Crippen LogP) is 3.76. The Balaban J connectivity index is 2.32. The molecule has 0 aliphatic carbocycles. The van der Waals surface area contributed by atoms with Gasteiger partial charge in [0.25, 0.3) is 5.91 Å². The lowest BCUT2D eigenvalue weighted by molar-refractivity contribution is -0.138. The first-order chi connectivity index (χ1) is 16.0. The molecule has 2 aromatic carbocycles. The summed E-state index contributed by atoms with van der Waals surface area (Å²) < 4.78 is 10.3. The van der Waals surface area contributed by atoms with E-state index in [0.29, 0.717) is 17.0 Å². The van der Waals surface area contributed by atoms with E-state index >= 15 is 0 Å². The zero-order valence-electron chi connectivity index (χ0n) is 20.5. The summed E-state index contributed by atoms with van der Waals surface area (Å²) >= 11 is 0. The Kier molecular flexibility index (Phi) is 8.89. The number of phenolic OH excluding ortho intramolecular Hbond substituents is 1. The minimum Gasteiger partial charge on any atom is -0.507 e. The monoisotopic (exact) mass is 471 g/mol. The number of nitrogens with one attached hydrogen (secondary N) is 2. The number of nitrogens with zero attached hydrogens (tertiary/aromatic N) is 1. The highest BCUT2D eigenvalue weighted by molar-refractivity contribution is 5.98. The van der Waals surface area contributed by atoms with Crippen molar-refractivity contribution in [3.05, 3.63) is 53.6 Å². The first-order valence-corrected chi connectivity index (χ1v) is 11.0. The number of carbonyl (C=O) groups excluding carboxylic acids is 3. The molecule has 3 amide bonds. The minimum absolute atomic E-state index is 0.0799. The SMILES string of the molecule is CCN(C(=O)CNC(=O)OC(C)(C)C)C(C(=O)Nc1ccc(OC)cc1)c1cccc(C)c1O. The molecule has 0 saturated carbocycles. The number of amides is 3.